The highest BCUT2D eigenvalue weighted by molar-refractivity contribution is 6.83. The summed E-state index contributed by atoms with van der Waals surface area (Å²) in [7, 11) is -2.56. The van der Waals surface area contributed by atoms with E-state index < -0.39 is 52.6 Å². The van der Waals surface area contributed by atoms with Crippen molar-refractivity contribution in [1.82, 2.24) is 0 Å². The molecule has 0 aromatic heterocycles. The first-order valence-electron chi connectivity index (χ1n) is 12.2. The van der Waals surface area contributed by atoms with Gasteiger partial charge in [0.1, 0.15) is 32.5 Å². The van der Waals surface area contributed by atoms with E-state index in [4.69, 9.17) is 13.9 Å². The highest BCUT2D eigenvalue weighted by atomic mass is 28.4. The monoisotopic (exact) mass is 512 g/mol. The standard InChI is InChI=1S/C25H44O7Si2/c1-10-34(11-2,12-3)32-23(20(27)17-18-33(7,8)9)24-21(30-25(4,5)31-24)15-13-19(26)14-16-22(28)29-6/h13,15,20-21,23-24,27H,10-12,14,16H2,1-9H3/b15-13+/t20-,21+,23+,24-/m0/s1. The lowest BCUT2D eigenvalue weighted by atomic mass is 10.0. The molecule has 1 saturated heterocycles. The summed E-state index contributed by atoms with van der Waals surface area (Å²) in [6.07, 6.45) is 0.115. The van der Waals surface area contributed by atoms with E-state index in [-0.39, 0.29) is 18.6 Å². The molecule has 34 heavy (non-hydrogen) atoms. The van der Waals surface area contributed by atoms with Gasteiger partial charge in [-0.2, -0.15) is 0 Å². The quantitative estimate of drug-likeness (QED) is 0.181. The Morgan fingerprint density at radius 2 is 1.68 bits per heavy atom. The van der Waals surface area contributed by atoms with Crippen LogP contribution >= 0.6 is 0 Å². The highest BCUT2D eigenvalue weighted by Gasteiger charge is 2.49. The molecule has 0 bridgehead atoms. The molecule has 1 aliphatic rings. The minimum absolute atomic E-state index is 0.0188. The Morgan fingerprint density at radius 3 is 2.18 bits per heavy atom. The Labute approximate surface area is 207 Å². The Morgan fingerprint density at radius 1 is 1.09 bits per heavy atom. The van der Waals surface area contributed by atoms with Crippen LogP contribution in [0.1, 0.15) is 47.5 Å². The van der Waals surface area contributed by atoms with E-state index in [0.717, 1.165) is 18.1 Å². The first-order chi connectivity index (χ1) is 15.7. The van der Waals surface area contributed by atoms with Crippen LogP contribution in [-0.2, 0) is 28.2 Å². The van der Waals surface area contributed by atoms with Gasteiger partial charge in [-0.3, -0.25) is 9.59 Å². The molecule has 0 aromatic carbocycles. The molecule has 0 aromatic rings. The highest BCUT2D eigenvalue weighted by Crippen LogP contribution is 2.35. The van der Waals surface area contributed by atoms with E-state index in [9.17, 15) is 14.7 Å². The number of hydrogen-bond acceptors (Lipinski definition) is 7. The third-order valence-electron chi connectivity index (χ3n) is 5.99. The van der Waals surface area contributed by atoms with Gasteiger partial charge in [-0.1, -0.05) is 46.3 Å². The summed E-state index contributed by atoms with van der Waals surface area (Å²) in [5.74, 6) is 1.47. The lowest BCUT2D eigenvalue weighted by Gasteiger charge is -2.37. The fourth-order valence-electron chi connectivity index (χ4n) is 3.81. The molecule has 1 aliphatic heterocycles. The van der Waals surface area contributed by atoms with E-state index in [0.29, 0.717) is 0 Å². The topological polar surface area (TPSA) is 91.3 Å². The molecule has 194 valence electrons. The molecule has 1 fully saturated rings. The Kier molecular flexibility index (Phi) is 11.9. The second kappa shape index (κ2) is 13.1. The summed E-state index contributed by atoms with van der Waals surface area (Å²) < 4.78 is 23.6. The van der Waals surface area contributed by atoms with Gasteiger partial charge in [-0.25, -0.2) is 0 Å². The zero-order chi connectivity index (χ0) is 26.2. The number of allylic oxidation sites excluding steroid dienone is 1. The van der Waals surface area contributed by atoms with Crippen LogP contribution in [0.2, 0.25) is 37.8 Å². The van der Waals surface area contributed by atoms with Crippen molar-refractivity contribution in [2.45, 2.75) is 115 Å². The molecule has 1 heterocycles. The summed E-state index contributed by atoms with van der Waals surface area (Å²) in [5.41, 5.74) is 3.25. The zero-order valence-corrected chi connectivity index (χ0v) is 24.4. The van der Waals surface area contributed by atoms with Gasteiger partial charge in [0.2, 0.25) is 0 Å². The molecule has 9 heteroatoms. The predicted octanol–water partition coefficient (Wildman–Crippen LogP) is 4.22. The maximum atomic E-state index is 12.3. The molecule has 0 radical (unpaired) electrons. The van der Waals surface area contributed by atoms with E-state index in [2.05, 4.69) is 56.6 Å². The molecule has 0 spiro atoms. The normalized spacial score (nSPS) is 22.2. The van der Waals surface area contributed by atoms with Crippen molar-refractivity contribution in [3.05, 3.63) is 12.2 Å². The SMILES string of the molecule is CC[Si](CC)(CC)O[C@@H]([C@H]1OC(C)(C)O[C@@H]1/C=C/C(=O)CCC(=O)OC)[C@@H](O)C#C[Si](C)(C)C. The van der Waals surface area contributed by atoms with Crippen molar-refractivity contribution >= 4 is 28.1 Å². The van der Waals surface area contributed by atoms with Crippen LogP contribution in [0.3, 0.4) is 0 Å². The number of carbonyl (C=O) groups is 2. The number of esters is 1. The van der Waals surface area contributed by atoms with Crippen LogP contribution in [0.5, 0.6) is 0 Å². The van der Waals surface area contributed by atoms with Crippen molar-refractivity contribution in [3.63, 3.8) is 0 Å². The summed E-state index contributed by atoms with van der Waals surface area (Å²) in [5, 5.41) is 11.2. The molecule has 0 aliphatic carbocycles. The molecule has 0 saturated carbocycles. The van der Waals surface area contributed by atoms with Gasteiger partial charge in [0.25, 0.3) is 0 Å². The van der Waals surface area contributed by atoms with Gasteiger partial charge < -0.3 is 23.7 Å². The van der Waals surface area contributed by atoms with Crippen LogP contribution < -0.4 is 0 Å². The second-order valence-corrected chi connectivity index (χ2v) is 19.7. The molecule has 1 N–H and O–H groups in total. The van der Waals surface area contributed by atoms with Gasteiger partial charge in [0.15, 0.2) is 19.9 Å². The number of rotatable bonds is 12. The van der Waals surface area contributed by atoms with Crippen LogP contribution in [0.25, 0.3) is 0 Å². The smallest absolute Gasteiger partial charge is 0.305 e. The largest absolute Gasteiger partial charge is 0.469 e. The predicted molar refractivity (Wildman–Crippen MR) is 138 cm³/mol. The number of aliphatic hydroxyl groups is 1. The fraction of sp³-hybridized carbons (Fsp3) is 0.760. The average molecular weight is 513 g/mol. The Hall–Kier alpha value is -1.29. The first-order valence-corrected chi connectivity index (χ1v) is 18.3. The molecule has 1 rings (SSSR count). The number of hydrogen-bond donors (Lipinski definition) is 1. The number of methoxy groups -OCH3 is 1. The first kappa shape index (κ1) is 30.7. The van der Waals surface area contributed by atoms with E-state index in [1.54, 1.807) is 19.9 Å². The van der Waals surface area contributed by atoms with Gasteiger partial charge in [-0.15, -0.1) is 5.54 Å². The van der Waals surface area contributed by atoms with Crippen LogP contribution in [0.4, 0.5) is 0 Å². The van der Waals surface area contributed by atoms with Gasteiger partial charge in [0, 0.05) is 6.42 Å². The maximum Gasteiger partial charge on any atom is 0.305 e. The van der Waals surface area contributed by atoms with E-state index in [1.165, 1.54) is 13.2 Å². The number of ether oxygens (including phenoxy) is 3. The lowest BCUT2D eigenvalue weighted by Crippen LogP contribution is -2.51. The molecule has 0 unspecified atom stereocenters. The summed E-state index contributed by atoms with van der Waals surface area (Å²) in [4.78, 5) is 23.6. The van der Waals surface area contributed by atoms with Crippen LogP contribution in [-0.4, -0.2) is 70.6 Å². The Bertz CT molecular complexity index is 764. The molecule has 7 nitrogen and oxygen atoms in total. The zero-order valence-electron chi connectivity index (χ0n) is 22.4. The van der Waals surface area contributed by atoms with Gasteiger partial charge >= 0.3 is 5.97 Å². The minimum Gasteiger partial charge on any atom is -0.469 e. The lowest BCUT2D eigenvalue weighted by molar-refractivity contribution is -0.157. The third-order valence-corrected chi connectivity index (χ3v) is 11.5. The summed E-state index contributed by atoms with van der Waals surface area (Å²) in [6, 6.07) is 2.73. The fourth-order valence-corrected chi connectivity index (χ4v) is 7.23. The summed E-state index contributed by atoms with van der Waals surface area (Å²) in [6.45, 7) is 16.3. The Balaban J connectivity index is 3.27. The molecular weight excluding hydrogens is 468 g/mol. The average Bonchev–Trinajstić information content (AvgIpc) is 3.09. The van der Waals surface area contributed by atoms with E-state index >= 15 is 0 Å². The van der Waals surface area contributed by atoms with Crippen molar-refractivity contribution < 1.29 is 33.3 Å². The number of carbonyl (C=O) groups excluding carboxylic acids is 2. The van der Waals surface area contributed by atoms with Crippen molar-refractivity contribution in [2.24, 2.45) is 0 Å². The second-order valence-electron chi connectivity index (χ2n) is 10.3. The van der Waals surface area contributed by atoms with Crippen molar-refractivity contribution in [3.8, 4) is 11.5 Å². The van der Waals surface area contributed by atoms with Gasteiger partial charge in [-0.05, 0) is 44.1 Å². The third kappa shape index (κ3) is 9.76. The van der Waals surface area contributed by atoms with E-state index in [1.807, 2.05) is 0 Å². The molecular formula is C25H44O7Si2. The van der Waals surface area contributed by atoms with Gasteiger partial charge in [0.05, 0.1) is 13.5 Å². The van der Waals surface area contributed by atoms with Crippen molar-refractivity contribution in [2.75, 3.05) is 7.11 Å². The van der Waals surface area contributed by atoms with Crippen LogP contribution in [0.15, 0.2) is 12.2 Å². The minimum atomic E-state index is -2.13. The summed E-state index contributed by atoms with van der Waals surface area (Å²) >= 11 is 0. The van der Waals surface area contributed by atoms with Crippen molar-refractivity contribution in [1.29, 1.82) is 0 Å². The van der Waals surface area contributed by atoms with Crippen LogP contribution in [0, 0.1) is 11.5 Å². The number of ketones is 1. The number of aliphatic hydroxyl groups excluding tert-OH is 1. The molecule has 0 amide bonds. The maximum absolute atomic E-state index is 12.3. The molecule has 4 atom stereocenters.